The standard InChI is InChI=1S/C19H25N5O2S/c1-13-4-6-16(7-5-13)23-8-9-24-18(23)20-21-19(24)27-12-17(25)22-10-14(2)26-15(3)11-22/h4-7,14-15H,8-12H2,1-3H3/t14-,15-/m1/s1. The van der Waals surface area contributed by atoms with Gasteiger partial charge >= 0.3 is 0 Å². The highest BCUT2D eigenvalue weighted by molar-refractivity contribution is 7.99. The quantitative estimate of drug-likeness (QED) is 0.751. The first-order valence-corrected chi connectivity index (χ1v) is 10.3. The number of nitrogens with zero attached hydrogens (tertiary/aromatic N) is 5. The molecule has 1 saturated heterocycles. The van der Waals surface area contributed by atoms with Crippen molar-refractivity contribution >= 4 is 29.3 Å². The number of thioether (sulfide) groups is 1. The Kier molecular flexibility index (Phi) is 5.10. The Bertz CT molecular complexity index is 812. The van der Waals surface area contributed by atoms with E-state index in [0.29, 0.717) is 18.8 Å². The fourth-order valence-electron chi connectivity index (χ4n) is 3.65. The van der Waals surface area contributed by atoms with Crippen LogP contribution in [0, 0.1) is 6.92 Å². The second kappa shape index (κ2) is 7.52. The Labute approximate surface area is 163 Å². The molecule has 0 radical (unpaired) electrons. The van der Waals surface area contributed by atoms with E-state index in [-0.39, 0.29) is 18.1 Å². The highest BCUT2D eigenvalue weighted by Gasteiger charge is 2.28. The molecule has 0 bridgehead atoms. The molecule has 0 aliphatic carbocycles. The minimum absolute atomic E-state index is 0.0862. The Morgan fingerprint density at radius 2 is 1.85 bits per heavy atom. The zero-order chi connectivity index (χ0) is 19.0. The average Bonchev–Trinajstić information content (AvgIpc) is 3.22. The van der Waals surface area contributed by atoms with Crippen LogP contribution in [0.5, 0.6) is 0 Å². The summed E-state index contributed by atoms with van der Waals surface area (Å²) in [4.78, 5) is 16.6. The van der Waals surface area contributed by atoms with E-state index in [2.05, 4.69) is 50.9 Å². The maximum atomic E-state index is 12.6. The molecule has 144 valence electrons. The first-order chi connectivity index (χ1) is 13.0. The molecule has 1 aromatic carbocycles. The summed E-state index contributed by atoms with van der Waals surface area (Å²) in [5.74, 6) is 1.36. The van der Waals surface area contributed by atoms with Crippen LogP contribution in [0.15, 0.2) is 29.4 Å². The van der Waals surface area contributed by atoms with Crippen molar-refractivity contribution in [2.45, 2.75) is 44.7 Å². The summed E-state index contributed by atoms with van der Waals surface area (Å²) in [5.41, 5.74) is 2.36. The van der Waals surface area contributed by atoms with Crippen molar-refractivity contribution < 1.29 is 9.53 Å². The van der Waals surface area contributed by atoms with Crippen LogP contribution in [0.1, 0.15) is 19.4 Å². The van der Waals surface area contributed by atoms with E-state index in [1.807, 2.05) is 18.7 Å². The Balaban J connectivity index is 1.41. The monoisotopic (exact) mass is 387 g/mol. The Morgan fingerprint density at radius 3 is 2.56 bits per heavy atom. The van der Waals surface area contributed by atoms with Crippen LogP contribution in [0.4, 0.5) is 11.6 Å². The summed E-state index contributed by atoms with van der Waals surface area (Å²) in [5, 5.41) is 9.49. The number of hydrogen-bond donors (Lipinski definition) is 0. The van der Waals surface area contributed by atoms with Gasteiger partial charge in [0, 0.05) is 31.9 Å². The van der Waals surface area contributed by atoms with Gasteiger partial charge in [0.05, 0.1) is 18.0 Å². The van der Waals surface area contributed by atoms with Crippen molar-refractivity contribution in [3.8, 4) is 0 Å². The molecular weight excluding hydrogens is 362 g/mol. The summed E-state index contributed by atoms with van der Waals surface area (Å²) in [6.45, 7) is 9.11. The lowest BCUT2D eigenvalue weighted by Crippen LogP contribution is -2.48. The van der Waals surface area contributed by atoms with E-state index in [1.54, 1.807) is 0 Å². The van der Waals surface area contributed by atoms with Crippen molar-refractivity contribution in [2.75, 3.05) is 30.3 Å². The van der Waals surface area contributed by atoms with E-state index in [9.17, 15) is 4.79 Å². The molecule has 2 atom stereocenters. The third-order valence-corrected chi connectivity index (χ3v) is 5.88. The summed E-state index contributed by atoms with van der Waals surface area (Å²) in [6.07, 6.45) is 0.172. The number of hydrogen-bond acceptors (Lipinski definition) is 6. The normalized spacial score (nSPS) is 22.2. The van der Waals surface area contributed by atoms with E-state index in [1.165, 1.54) is 17.3 Å². The van der Waals surface area contributed by atoms with Crippen molar-refractivity contribution in [3.05, 3.63) is 29.8 Å². The maximum absolute atomic E-state index is 12.6. The number of benzene rings is 1. The molecule has 0 saturated carbocycles. The predicted molar refractivity (Wildman–Crippen MR) is 106 cm³/mol. The van der Waals surface area contributed by atoms with Crippen LogP contribution < -0.4 is 4.90 Å². The molecule has 2 aliphatic rings. The second-order valence-corrected chi connectivity index (χ2v) is 8.21. The van der Waals surface area contributed by atoms with E-state index in [0.717, 1.165) is 29.9 Å². The van der Waals surface area contributed by atoms with Gasteiger partial charge in [0.25, 0.3) is 0 Å². The molecule has 1 aromatic heterocycles. The van der Waals surface area contributed by atoms with Crippen LogP contribution in [0.2, 0.25) is 0 Å². The van der Waals surface area contributed by atoms with Crippen molar-refractivity contribution in [1.82, 2.24) is 19.7 Å². The molecule has 0 unspecified atom stereocenters. The molecule has 2 aliphatic heterocycles. The van der Waals surface area contributed by atoms with Crippen molar-refractivity contribution in [2.24, 2.45) is 0 Å². The molecule has 3 heterocycles. The molecule has 27 heavy (non-hydrogen) atoms. The molecular formula is C19H25N5O2S. The first-order valence-electron chi connectivity index (χ1n) is 9.34. The molecule has 8 heteroatoms. The number of carbonyl (C=O) groups is 1. The SMILES string of the molecule is Cc1ccc(N2CCn3c(SCC(=O)N4C[C@@H](C)O[C@H](C)C4)nnc32)cc1. The Morgan fingerprint density at radius 1 is 1.15 bits per heavy atom. The number of rotatable bonds is 4. The highest BCUT2D eigenvalue weighted by Crippen LogP contribution is 2.32. The van der Waals surface area contributed by atoms with Crippen LogP contribution >= 0.6 is 11.8 Å². The van der Waals surface area contributed by atoms with Gasteiger partial charge in [-0.3, -0.25) is 9.36 Å². The number of carbonyl (C=O) groups excluding carboxylic acids is 1. The number of amides is 1. The number of anilines is 2. The average molecular weight is 388 g/mol. The van der Waals surface area contributed by atoms with E-state index < -0.39 is 0 Å². The first kappa shape index (κ1) is 18.3. The lowest BCUT2D eigenvalue weighted by atomic mass is 10.2. The number of morpholine rings is 1. The number of ether oxygens (including phenoxy) is 1. The summed E-state index contributed by atoms with van der Waals surface area (Å²) in [6, 6.07) is 8.42. The summed E-state index contributed by atoms with van der Waals surface area (Å²) < 4.78 is 7.81. The van der Waals surface area contributed by atoms with E-state index >= 15 is 0 Å². The molecule has 1 fully saturated rings. The highest BCUT2D eigenvalue weighted by atomic mass is 32.2. The van der Waals surface area contributed by atoms with Crippen LogP contribution in [-0.2, 0) is 16.1 Å². The van der Waals surface area contributed by atoms with Crippen LogP contribution in [0.25, 0.3) is 0 Å². The molecule has 0 spiro atoms. The molecule has 4 rings (SSSR count). The third-order valence-electron chi connectivity index (χ3n) is 4.93. The topological polar surface area (TPSA) is 63.5 Å². The van der Waals surface area contributed by atoms with Gasteiger partial charge in [0.1, 0.15) is 0 Å². The van der Waals surface area contributed by atoms with Gasteiger partial charge in [0.2, 0.25) is 11.9 Å². The van der Waals surface area contributed by atoms with Crippen LogP contribution in [-0.4, -0.2) is 63.2 Å². The maximum Gasteiger partial charge on any atom is 0.233 e. The van der Waals surface area contributed by atoms with Gasteiger partial charge in [-0.1, -0.05) is 29.5 Å². The smallest absolute Gasteiger partial charge is 0.233 e. The molecule has 2 aromatic rings. The van der Waals surface area contributed by atoms with Crippen molar-refractivity contribution in [3.63, 3.8) is 0 Å². The lowest BCUT2D eigenvalue weighted by Gasteiger charge is -2.35. The lowest BCUT2D eigenvalue weighted by molar-refractivity contribution is -0.140. The van der Waals surface area contributed by atoms with Gasteiger partial charge in [-0.2, -0.15) is 0 Å². The summed E-state index contributed by atoms with van der Waals surface area (Å²) in [7, 11) is 0. The zero-order valence-electron chi connectivity index (χ0n) is 16.0. The summed E-state index contributed by atoms with van der Waals surface area (Å²) >= 11 is 1.47. The number of aryl methyl sites for hydroxylation is 1. The molecule has 1 amide bonds. The van der Waals surface area contributed by atoms with Gasteiger partial charge in [-0.25, -0.2) is 0 Å². The van der Waals surface area contributed by atoms with Crippen LogP contribution in [0.3, 0.4) is 0 Å². The van der Waals surface area contributed by atoms with E-state index in [4.69, 9.17) is 4.74 Å². The minimum atomic E-state index is 0.0862. The number of fused-ring (bicyclic) bond motifs is 1. The zero-order valence-corrected chi connectivity index (χ0v) is 16.8. The van der Waals surface area contributed by atoms with Gasteiger partial charge in [-0.15, -0.1) is 10.2 Å². The fraction of sp³-hybridized carbons (Fsp3) is 0.526. The second-order valence-electron chi connectivity index (χ2n) is 7.27. The number of aromatic nitrogens is 3. The fourth-order valence-corrected chi connectivity index (χ4v) is 4.51. The molecule has 0 N–H and O–H groups in total. The van der Waals surface area contributed by atoms with Gasteiger partial charge in [-0.05, 0) is 32.9 Å². The molecule has 7 nitrogen and oxygen atoms in total. The largest absolute Gasteiger partial charge is 0.372 e. The van der Waals surface area contributed by atoms with Gasteiger partial charge < -0.3 is 14.5 Å². The van der Waals surface area contributed by atoms with Gasteiger partial charge in [0.15, 0.2) is 5.16 Å². The van der Waals surface area contributed by atoms with Crippen molar-refractivity contribution in [1.29, 1.82) is 0 Å². The minimum Gasteiger partial charge on any atom is -0.372 e. The third kappa shape index (κ3) is 3.82. The Hall–Kier alpha value is -2.06. The predicted octanol–water partition coefficient (Wildman–Crippen LogP) is 2.47.